The molecule has 1 aromatic rings. The molecule has 1 aliphatic carbocycles. The van der Waals surface area contributed by atoms with E-state index in [1.54, 1.807) is 6.07 Å². The summed E-state index contributed by atoms with van der Waals surface area (Å²) in [7, 11) is 0. The summed E-state index contributed by atoms with van der Waals surface area (Å²) >= 11 is 0. The summed E-state index contributed by atoms with van der Waals surface area (Å²) in [4.78, 5) is 23.1. The zero-order chi connectivity index (χ0) is 17.1. The predicted octanol–water partition coefficient (Wildman–Crippen LogP) is 0.775. The lowest BCUT2D eigenvalue weighted by Crippen LogP contribution is -2.47. The van der Waals surface area contributed by atoms with Crippen LogP contribution in [0.1, 0.15) is 24.8 Å². The van der Waals surface area contributed by atoms with Gasteiger partial charge in [0.1, 0.15) is 11.9 Å². The average Bonchev–Trinajstić information content (AvgIpc) is 2.98. The summed E-state index contributed by atoms with van der Waals surface area (Å²) in [6, 6.07) is 5.33. The van der Waals surface area contributed by atoms with Gasteiger partial charge in [-0.05, 0) is 30.5 Å². The number of hydrogen-bond donors (Lipinski definition) is 3. The highest BCUT2D eigenvalue weighted by Crippen LogP contribution is 2.31. The zero-order valence-corrected chi connectivity index (χ0v) is 13.2. The van der Waals surface area contributed by atoms with Crippen LogP contribution in [0.4, 0.5) is 4.39 Å². The van der Waals surface area contributed by atoms with Gasteiger partial charge in [0.15, 0.2) is 0 Å². The van der Waals surface area contributed by atoms with Gasteiger partial charge in [0.25, 0.3) is 0 Å². The summed E-state index contributed by atoms with van der Waals surface area (Å²) < 4.78 is 13.1. The number of halogens is 1. The highest BCUT2D eigenvalue weighted by atomic mass is 19.1. The Morgan fingerprint density at radius 1 is 1.38 bits per heavy atom. The fraction of sp³-hybridized carbons (Fsp3) is 0.562. The van der Waals surface area contributed by atoms with Crippen LogP contribution < -0.4 is 16.2 Å². The maximum absolute atomic E-state index is 13.1. The van der Waals surface area contributed by atoms with Crippen LogP contribution in [0.15, 0.2) is 24.3 Å². The van der Waals surface area contributed by atoms with Crippen molar-refractivity contribution in [3.8, 4) is 0 Å². The van der Waals surface area contributed by atoms with Crippen LogP contribution in [-0.2, 0) is 11.2 Å². The molecule has 2 aliphatic rings. The molecule has 2 fully saturated rings. The summed E-state index contributed by atoms with van der Waals surface area (Å²) in [5.74, 6) is -0.546. The first-order valence-corrected chi connectivity index (χ1v) is 8.21. The molecule has 3 N–H and O–H groups in total. The number of nitrogens with zero attached hydrogens (tertiary/aromatic N) is 1. The third kappa shape index (κ3) is 3.70. The van der Waals surface area contributed by atoms with Crippen molar-refractivity contribution < 1.29 is 14.1 Å². The second-order valence-corrected chi connectivity index (χ2v) is 6.46. The van der Waals surface area contributed by atoms with E-state index in [1.165, 1.54) is 12.1 Å². The number of fused-ring (bicyclic) bond motifs is 1. The fourth-order valence-corrected chi connectivity index (χ4v) is 3.62. The molecule has 130 valence electrons. The molecule has 1 saturated heterocycles. The minimum absolute atomic E-state index is 0.0803. The zero-order valence-electron chi connectivity index (χ0n) is 13.2. The van der Waals surface area contributed by atoms with Crippen molar-refractivity contribution in [2.24, 2.45) is 5.92 Å². The topological polar surface area (TPSA) is 96.3 Å². The lowest BCUT2D eigenvalue weighted by Gasteiger charge is -2.28. The molecule has 1 amide bonds. The molecule has 0 aromatic heterocycles. The first kappa shape index (κ1) is 16.8. The predicted molar refractivity (Wildman–Crippen MR) is 85.1 cm³/mol. The van der Waals surface area contributed by atoms with Crippen molar-refractivity contribution in [2.75, 3.05) is 6.54 Å². The van der Waals surface area contributed by atoms with E-state index in [0.29, 0.717) is 32.2 Å². The van der Waals surface area contributed by atoms with E-state index in [9.17, 15) is 19.3 Å². The summed E-state index contributed by atoms with van der Waals surface area (Å²) in [5.41, 5.74) is 6.87. The van der Waals surface area contributed by atoms with Gasteiger partial charge >= 0.3 is 0 Å². The lowest BCUT2D eigenvalue weighted by atomic mass is 9.79. The third-order valence-electron chi connectivity index (χ3n) is 4.91. The van der Waals surface area contributed by atoms with Crippen LogP contribution in [-0.4, -0.2) is 35.5 Å². The smallest absolute Gasteiger partial charge is 0.238 e. The number of hydrazine groups is 1. The van der Waals surface area contributed by atoms with Gasteiger partial charge in [-0.15, -0.1) is 0 Å². The van der Waals surface area contributed by atoms with Crippen LogP contribution in [0.2, 0.25) is 0 Å². The number of benzene rings is 1. The Kier molecular flexibility index (Phi) is 5.06. The average molecular weight is 336 g/mol. The second-order valence-electron chi connectivity index (χ2n) is 6.46. The van der Waals surface area contributed by atoms with E-state index in [1.807, 2.05) is 6.07 Å². The number of nitrogens with one attached hydrogen (secondary N) is 3. The minimum Gasteiger partial charge on any atom is -0.354 e. The fourth-order valence-electron chi connectivity index (χ4n) is 3.62. The Morgan fingerprint density at radius 3 is 2.96 bits per heavy atom. The molecular formula is C16H21FN4O3. The lowest BCUT2D eigenvalue weighted by molar-refractivity contribution is -0.528. The normalized spacial score (nSPS) is 29.0. The Balaban J connectivity index is 1.52. The maximum atomic E-state index is 13.1. The van der Waals surface area contributed by atoms with Gasteiger partial charge in [-0.3, -0.25) is 20.3 Å². The molecule has 4 unspecified atom stereocenters. The van der Waals surface area contributed by atoms with Gasteiger partial charge in [0.2, 0.25) is 11.9 Å². The maximum Gasteiger partial charge on any atom is 0.238 e. The van der Waals surface area contributed by atoms with Gasteiger partial charge in [-0.2, -0.15) is 0 Å². The van der Waals surface area contributed by atoms with E-state index in [4.69, 9.17) is 0 Å². The number of carbonyl (C=O) groups excluding carboxylic acids is 1. The van der Waals surface area contributed by atoms with Gasteiger partial charge in [-0.25, -0.2) is 9.82 Å². The molecular weight excluding hydrogens is 315 g/mol. The Morgan fingerprint density at radius 2 is 2.21 bits per heavy atom. The summed E-state index contributed by atoms with van der Waals surface area (Å²) in [6.45, 7) is 0.399. The molecule has 24 heavy (non-hydrogen) atoms. The molecule has 1 saturated carbocycles. The molecule has 7 nitrogen and oxygen atoms in total. The van der Waals surface area contributed by atoms with Crippen molar-refractivity contribution in [3.05, 3.63) is 45.8 Å². The molecule has 0 radical (unpaired) electrons. The van der Waals surface area contributed by atoms with E-state index < -0.39 is 12.1 Å². The van der Waals surface area contributed by atoms with E-state index in [0.717, 1.165) is 5.56 Å². The van der Waals surface area contributed by atoms with E-state index >= 15 is 0 Å². The highest BCUT2D eigenvalue weighted by Gasteiger charge is 2.46. The van der Waals surface area contributed by atoms with Crippen molar-refractivity contribution in [2.45, 2.75) is 43.8 Å². The SMILES string of the molecule is O=C(NCCc1cccc(F)c1)C1NNC2CCC([N+](=O)[O-])CC21. The van der Waals surface area contributed by atoms with Crippen molar-refractivity contribution in [1.82, 2.24) is 16.2 Å². The molecule has 0 bridgehead atoms. The Labute approximate surface area is 139 Å². The van der Waals surface area contributed by atoms with Gasteiger partial charge in [0.05, 0.1) is 0 Å². The monoisotopic (exact) mass is 336 g/mol. The Hall–Kier alpha value is -2.06. The molecule has 1 heterocycles. The van der Waals surface area contributed by atoms with Gasteiger partial charge < -0.3 is 5.32 Å². The first-order valence-electron chi connectivity index (χ1n) is 8.21. The standard InChI is InChI=1S/C16H21FN4O3/c17-11-3-1-2-10(8-11)6-7-18-16(22)15-13-9-12(21(23)24)4-5-14(13)19-20-15/h1-3,8,12-15,19-20H,4-7,9H2,(H,18,22). The highest BCUT2D eigenvalue weighted by molar-refractivity contribution is 5.82. The molecule has 8 heteroatoms. The first-order chi connectivity index (χ1) is 11.5. The van der Waals surface area contributed by atoms with Crippen molar-refractivity contribution >= 4 is 5.91 Å². The molecule has 1 aliphatic heterocycles. The number of carbonyl (C=O) groups is 1. The quantitative estimate of drug-likeness (QED) is 0.545. The second kappa shape index (κ2) is 7.23. The van der Waals surface area contributed by atoms with Gasteiger partial charge in [-0.1, -0.05) is 12.1 Å². The van der Waals surface area contributed by atoms with E-state index in [2.05, 4.69) is 16.2 Å². The number of amides is 1. The summed E-state index contributed by atoms with van der Waals surface area (Å²) in [6.07, 6.45) is 2.17. The Bertz CT molecular complexity index is 627. The van der Waals surface area contributed by atoms with Crippen LogP contribution in [0.3, 0.4) is 0 Å². The van der Waals surface area contributed by atoms with Crippen molar-refractivity contribution in [1.29, 1.82) is 0 Å². The molecule has 3 rings (SSSR count). The van der Waals surface area contributed by atoms with E-state index in [-0.39, 0.29) is 28.6 Å². The summed E-state index contributed by atoms with van der Waals surface area (Å²) in [5, 5.41) is 13.8. The molecule has 1 aromatic carbocycles. The minimum atomic E-state index is -0.574. The van der Waals surface area contributed by atoms with Crippen molar-refractivity contribution in [3.63, 3.8) is 0 Å². The molecule has 4 atom stereocenters. The number of rotatable bonds is 5. The molecule has 0 spiro atoms. The van der Waals surface area contributed by atoms with Crippen LogP contribution >= 0.6 is 0 Å². The van der Waals surface area contributed by atoms with Crippen LogP contribution in [0, 0.1) is 21.8 Å². The van der Waals surface area contributed by atoms with Gasteiger partial charge in [0, 0.05) is 36.3 Å². The largest absolute Gasteiger partial charge is 0.354 e. The number of hydrogen-bond acceptors (Lipinski definition) is 5. The van der Waals surface area contributed by atoms with Crippen LogP contribution in [0.25, 0.3) is 0 Å². The number of nitro groups is 1. The van der Waals surface area contributed by atoms with Crippen LogP contribution in [0.5, 0.6) is 0 Å². The third-order valence-corrected chi connectivity index (χ3v) is 4.91.